The van der Waals surface area contributed by atoms with E-state index >= 15 is 0 Å². The van der Waals surface area contributed by atoms with Crippen LogP contribution in [0.3, 0.4) is 0 Å². The smallest absolute Gasteiger partial charge is 0.230 e. The van der Waals surface area contributed by atoms with Gasteiger partial charge >= 0.3 is 0 Å². The molecular formula is C18H21FN2OS. The van der Waals surface area contributed by atoms with Crippen LogP contribution in [0.4, 0.5) is 4.39 Å². The van der Waals surface area contributed by atoms with Gasteiger partial charge in [-0.1, -0.05) is 31.0 Å². The zero-order valence-electron chi connectivity index (χ0n) is 13.3. The number of carbonyl (C=O) groups excluding carboxylic acids is 1. The first-order valence-corrected chi connectivity index (χ1v) is 8.94. The van der Waals surface area contributed by atoms with Crippen LogP contribution in [0.25, 0.3) is 0 Å². The van der Waals surface area contributed by atoms with E-state index < -0.39 is 5.41 Å². The molecule has 5 heteroatoms. The molecule has 1 heterocycles. The zero-order chi connectivity index (χ0) is 16.3. The molecule has 3 rings (SSSR count). The van der Waals surface area contributed by atoms with Crippen molar-refractivity contribution in [2.75, 3.05) is 6.54 Å². The van der Waals surface area contributed by atoms with Crippen LogP contribution in [0.1, 0.15) is 41.9 Å². The molecule has 0 spiro atoms. The number of thiazole rings is 1. The number of nitrogens with one attached hydrogen (secondary N) is 1. The van der Waals surface area contributed by atoms with Crippen LogP contribution >= 0.6 is 11.3 Å². The number of aryl methyl sites for hydroxylation is 1. The maximum atomic E-state index is 14.2. The van der Waals surface area contributed by atoms with Crippen LogP contribution in [0.5, 0.6) is 0 Å². The quantitative estimate of drug-likeness (QED) is 0.906. The molecule has 3 nitrogen and oxygen atoms in total. The van der Waals surface area contributed by atoms with Crippen molar-refractivity contribution >= 4 is 17.2 Å². The topological polar surface area (TPSA) is 42.0 Å². The summed E-state index contributed by atoms with van der Waals surface area (Å²) in [6.07, 6.45) is 4.09. The minimum atomic E-state index is -0.704. The van der Waals surface area contributed by atoms with E-state index in [0.29, 0.717) is 12.1 Å². The highest BCUT2D eigenvalue weighted by Gasteiger charge is 2.44. The largest absolute Gasteiger partial charge is 0.355 e. The normalized spacial score (nSPS) is 16.4. The van der Waals surface area contributed by atoms with Gasteiger partial charge in [-0.25, -0.2) is 9.37 Å². The van der Waals surface area contributed by atoms with Gasteiger partial charge in [0, 0.05) is 29.6 Å². The van der Waals surface area contributed by atoms with Crippen molar-refractivity contribution < 1.29 is 9.18 Å². The fourth-order valence-corrected chi connectivity index (χ4v) is 4.19. The number of hydrogen-bond donors (Lipinski definition) is 1. The van der Waals surface area contributed by atoms with Gasteiger partial charge in [-0.15, -0.1) is 11.3 Å². The van der Waals surface area contributed by atoms with Crippen molar-refractivity contribution in [3.8, 4) is 0 Å². The van der Waals surface area contributed by atoms with E-state index in [1.54, 1.807) is 23.5 Å². The zero-order valence-corrected chi connectivity index (χ0v) is 14.1. The summed E-state index contributed by atoms with van der Waals surface area (Å²) in [6.45, 7) is 2.51. The molecule has 1 saturated carbocycles. The number of nitrogens with zero attached hydrogens (tertiary/aromatic N) is 1. The van der Waals surface area contributed by atoms with Gasteiger partial charge < -0.3 is 5.32 Å². The molecular weight excluding hydrogens is 311 g/mol. The van der Waals surface area contributed by atoms with Gasteiger partial charge in [0.15, 0.2) is 0 Å². The van der Waals surface area contributed by atoms with Crippen molar-refractivity contribution in [1.82, 2.24) is 10.3 Å². The third-order valence-corrected chi connectivity index (χ3v) is 5.60. The molecule has 0 radical (unpaired) electrons. The molecule has 1 aliphatic carbocycles. The summed E-state index contributed by atoms with van der Waals surface area (Å²) in [4.78, 5) is 17.2. The lowest BCUT2D eigenvalue weighted by atomic mass is 9.77. The van der Waals surface area contributed by atoms with Crippen LogP contribution in [-0.4, -0.2) is 17.4 Å². The Morgan fingerprint density at radius 2 is 2.09 bits per heavy atom. The number of benzene rings is 1. The van der Waals surface area contributed by atoms with Gasteiger partial charge in [-0.05, 0) is 25.8 Å². The molecule has 2 aromatic rings. The first kappa shape index (κ1) is 16.1. The molecule has 0 unspecified atom stereocenters. The van der Waals surface area contributed by atoms with Gasteiger partial charge in [-0.2, -0.15) is 0 Å². The highest BCUT2D eigenvalue weighted by molar-refractivity contribution is 7.09. The Morgan fingerprint density at radius 1 is 1.35 bits per heavy atom. The molecule has 0 atom stereocenters. The number of amides is 1. The fourth-order valence-electron chi connectivity index (χ4n) is 3.42. The molecule has 122 valence electrons. The highest BCUT2D eigenvalue weighted by atomic mass is 32.1. The number of aromatic nitrogens is 1. The first-order valence-electron chi connectivity index (χ1n) is 8.06. The molecule has 1 aromatic heterocycles. The summed E-state index contributed by atoms with van der Waals surface area (Å²) in [7, 11) is 0. The average molecular weight is 332 g/mol. The number of halogens is 1. The molecule has 0 aliphatic heterocycles. The SMILES string of the molecule is Cc1csc(CCNC(=O)C2(c3ccccc3F)CCCC2)n1. The van der Waals surface area contributed by atoms with Crippen molar-refractivity contribution in [3.63, 3.8) is 0 Å². The summed E-state index contributed by atoms with van der Waals surface area (Å²) >= 11 is 1.61. The van der Waals surface area contributed by atoms with Crippen LogP contribution in [-0.2, 0) is 16.6 Å². The molecule has 1 N–H and O–H groups in total. The average Bonchev–Trinajstić information content (AvgIpc) is 3.18. The Hall–Kier alpha value is -1.75. The number of hydrogen-bond acceptors (Lipinski definition) is 3. The Morgan fingerprint density at radius 3 is 2.74 bits per heavy atom. The lowest BCUT2D eigenvalue weighted by Crippen LogP contribution is -2.43. The maximum absolute atomic E-state index is 14.2. The third kappa shape index (κ3) is 3.29. The van der Waals surface area contributed by atoms with Crippen LogP contribution in [0, 0.1) is 12.7 Å². The van der Waals surface area contributed by atoms with Crippen molar-refractivity contribution in [2.24, 2.45) is 0 Å². The molecule has 0 bridgehead atoms. The standard InChI is InChI=1S/C18H21FN2OS/c1-13-12-23-16(21-13)8-11-20-17(22)18(9-4-5-10-18)14-6-2-3-7-15(14)19/h2-3,6-7,12H,4-5,8-11H2,1H3,(H,20,22). The monoisotopic (exact) mass is 332 g/mol. The summed E-state index contributed by atoms with van der Waals surface area (Å²) in [5, 5.41) is 6.04. The van der Waals surface area contributed by atoms with Crippen molar-refractivity contribution in [3.05, 3.63) is 51.7 Å². The summed E-state index contributed by atoms with van der Waals surface area (Å²) < 4.78 is 14.2. The predicted octanol–water partition coefficient (Wildman–Crippen LogP) is 3.76. The fraction of sp³-hybridized carbons (Fsp3) is 0.444. The molecule has 0 saturated heterocycles. The molecule has 1 amide bonds. The predicted molar refractivity (Wildman–Crippen MR) is 90.1 cm³/mol. The van der Waals surface area contributed by atoms with E-state index in [1.807, 2.05) is 18.4 Å². The van der Waals surface area contributed by atoms with E-state index in [0.717, 1.165) is 42.8 Å². The maximum Gasteiger partial charge on any atom is 0.230 e. The lowest BCUT2D eigenvalue weighted by Gasteiger charge is -2.28. The summed E-state index contributed by atoms with van der Waals surface area (Å²) in [6, 6.07) is 6.68. The van der Waals surface area contributed by atoms with E-state index in [4.69, 9.17) is 0 Å². The van der Waals surface area contributed by atoms with E-state index in [9.17, 15) is 9.18 Å². The van der Waals surface area contributed by atoms with Gasteiger partial charge in [-0.3, -0.25) is 4.79 Å². The second kappa shape index (κ2) is 6.79. The molecule has 23 heavy (non-hydrogen) atoms. The molecule has 1 fully saturated rings. The minimum Gasteiger partial charge on any atom is -0.355 e. The van der Waals surface area contributed by atoms with Crippen LogP contribution in [0.15, 0.2) is 29.6 Å². The molecule has 1 aromatic carbocycles. The second-order valence-corrected chi connectivity index (χ2v) is 7.10. The Kier molecular flexibility index (Phi) is 4.76. The van der Waals surface area contributed by atoms with Crippen molar-refractivity contribution in [1.29, 1.82) is 0 Å². The number of rotatable bonds is 5. The number of carbonyl (C=O) groups is 1. The lowest BCUT2D eigenvalue weighted by molar-refractivity contribution is -0.126. The van der Waals surface area contributed by atoms with Crippen LogP contribution < -0.4 is 5.32 Å². The van der Waals surface area contributed by atoms with Crippen molar-refractivity contribution in [2.45, 2.75) is 44.4 Å². The van der Waals surface area contributed by atoms with E-state index in [1.165, 1.54) is 6.07 Å². The summed E-state index contributed by atoms with van der Waals surface area (Å²) in [5.41, 5.74) is 0.847. The van der Waals surface area contributed by atoms with Gasteiger partial charge in [0.2, 0.25) is 5.91 Å². The Balaban J connectivity index is 1.71. The Bertz CT molecular complexity index is 692. The van der Waals surface area contributed by atoms with E-state index in [2.05, 4.69) is 10.3 Å². The van der Waals surface area contributed by atoms with Crippen LogP contribution in [0.2, 0.25) is 0 Å². The Labute approximate surface area is 140 Å². The van der Waals surface area contributed by atoms with Gasteiger partial charge in [0.1, 0.15) is 5.82 Å². The van der Waals surface area contributed by atoms with E-state index in [-0.39, 0.29) is 11.7 Å². The minimum absolute atomic E-state index is 0.0478. The third-order valence-electron chi connectivity index (χ3n) is 4.57. The van der Waals surface area contributed by atoms with Gasteiger partial charge in [0.25, 0.3) is 0 Å². The van der Waals surface area contributed by atoms with Gasteiger partial charge in [0.05, 0.1) is 10.4 Å². The second-order valence-electron chi connectivity index (χ2n) is 6.16. The summed E-state index contributed by atoms with van der Waals surface area (Å²) in [5.74, 6) is -0.325. The molecule has 1 aliphatic rings. The highest BCUT2D eigenvalue weighted by Crippen LogP contribution is 2.42. The first-order chi connectivity index (χ1) is 11.1.